The highest BCUT2D eigenvalue weighted by molar-refractivity contribution is 6.34. The number of amides is 2. The summed E-state index contributed by atoms with van der Waals surface area (Å²) in [6, 6.07) is 8.09. The van der Waals surface area contributed by atoms with Crippen LogP contribution in [0, 0.1) is 5.92 Å². The van der Waals surface area contributed by atoms with Gasteiger partial charge in [-0.1, -0.05) is 23.2 Å². The zero-order valence-corrected chi connectivity index (χ0v) is 15.3. The molecule has 9 heteroatoms. The number of primary amides is 1. The lowest BCUT2D eigenvalue weighted by Crippen LogP contribution is -2.41. The fourth-order valence-electron chi connectivity index (χ4n) is 2.91. The number of aromatic nitrogens is 2. The third-order valence-corrected chi connectivity index (χ3v) is 4.75. The fraction of sp³-hybridized carbons (Fsp3) is 0.294. The maximum absolute atomic E-state index is 12.6. The lowest BCUT2D eigenvalue weighted by atomic mass is 9.97. The van der Waals surface area contributed by atoms with E-state index >= 15 is 0 Å². The summed E-state index contributed by atoms with van der Waals surface area (Å²) in [5.74, 6) is -0.226. The standard InChI is InChI=1S/C17H17Cl2N5O2/c18-13-8-11(3-4-12(13)16(20)25)21-17(26)10-2-1-7-24(9-10)15-6-5-14(19)22-23-15/h3-6,8,10H,1-2,7,9H2,(H2,20,25)(H,21,26)/t10-/m1/s1. The minimum atomic E-state index is -0.611. The first-order valence-electron chi connectivity index (χ1n) is 8.08. The average molecular weight is 394 g/mol. The predicted molar refractivity (Wildman–Crippen MR) is 101 cm³/mol. The van der Waals surface area contributed by atoms with Gasteiger partial charge >= 0.3 is 0 Å². The molecule has 1 aliphatic rings. The number of nitrogens with zero attached hydrogens (tertiary/aromatic N) is 3. The molecule has 1 saturated heterocycles. The molecule has 0 aliphatic carbocycles. The van der Waals surface area contributed by atoms with E-state index in [0.29, 0.717) is 23.2 Å². The molecule has 0 saturated carbocycles. The Morgan fingerprint density at radius 1 is 1.19 bits per heavy atom. The molecule has 3 N–H and O–H groups in total. The highest BCUT2D eigenvalue weighted by atomic mass is 35.5. The lowest BCUT2D eigenvalue weighted by Gasteiger charge is -2.32. The van der Waals surface area contributed by atoms with Gasteiger partial charge in [-0.05, 0) is 43.2 Å². The number of rotatable bonds is 4. The van der Waals surface area contributed by atoms with Crippen molar-refractivity contribution in [1.29, 1.82) is 0 Å². The topological polar surface area (TPSA) is 101 Å². The maximum Gasteiger partial charge on any atom is 0.250 e. The van der Waals surface area contributed by atoms with Crippen molar-refractivity contribution in [3.8, 4) is 0 Å². The zero-order chi connectivity index (χ0) is 18.7. The minimum absolute atomic E-state index is 0.112. The summed E-state index contributed by atoms with van der Waals surface area (Å²) in [4.78, 5) is 25.8. The van der Waals surface area contributed by atoms with Gasteiger partial charge < -0.3 is 16.0 Å². The molecule has 136 valence electrons. The number of piperidine rings is 1. The van der Waals surface area contributed by atoms with Crippen LogP contribution in [0.2, 0.25) is 10.2 Å². The Hall–Kier alpha value is -2.38. The Labute approximate surface area is 160 Å². The summed E-state index contributed by atoms with van der Waals surface area (Å²) in [7, 11) is 0. The molecule has 7 nitrogen and oxygen atoms in total. The second-order valence-electron chi connectivity index (χ2n) is 6.05. The van der Waals surface area contributed by atoms with Crippen LogP contribution < -0.4 is 16.0 Å². The smallest absolute Gasteiger partial charge is 0.250 e. The summed E-state index contributed by atoms with van der Waals surface area (Å²) in [6.07, 6.45) is 1.64. The molecule has 1 aromatic carbocycles. The van der Waals surface area contributed by atoms with Gasteiger partial charge in [0.2, 0.25) is 11.8 Å². The third kappa shape index (κ3) is 4.23. The van der Waals surface area contributed by atoms with Crippen LogP contribution in [-0.4, -0.2) is 35.1 Å². The number of halogens is 2. The third-order valence-electron chi connectivity index (χ3n) is 4.24. The highest BCUT2D eigenvalue weighted by Crippen LogP contribution is 2.25. The number of benzene rings is 1. The van der Waals surface area contributed by atoms with Crippen molar-refractivity contribution in [3.63, 3.8) is 0 Å². The Morgan fingerprint density at radius 3 is 2.65 bits per heavy atom. The van der Waals surface area contributed by atoms with Gasteiger partial charge in [0, 0.05) is 18.8 Å². The number of anilines is 2. The van der Waals surface area contributed by atoms with E-state index in [2.05, 4.69) is 15.5 Å². The first-order valence-corrected chi connectivity index (χ1v) is 8.84. The van der Waals surface area contributed by atoms with Gasteiger partial charge in [0.1, 0.15) is 0 Å². The Bertz CT molecular complexity index is 828. The summed E-state index contributed by atoms with van der Waals surface area (Å²) in [5.41, 5.74) is 5.97. The summed E-state index contributed by atoms with van der Waals surface area (Å²) in [6.45, 7) is 1.34. The number of nitrogens with one attached hydrogen (secondary N) is 1. The molecule has 1 aromatic heterocycles. The zero-order valence-electron chi connectivity index (χ0n) is 13.8. The molecule has 3 rings (SSSR count). The van der Waals surface area contributed by atoms with Crippen LogP contribution in [0.1, 0.15) is 23.2 Å². The summed E-state index contributed by atoms with van der Waals surface area (Å²) >= 11 is 11.8. The molecule has 2 heterocycles. The van der Waals surface area contributed by atoms with Crippen LogP contribution >= 0.6 is 23.2 Å². The van der Waals surface area contributed by atoms with Crippen LogP contribution in [0.4, 0.5) is 11.5 Å². The Kier molecular flexibility index (Phi) is 5.58. The van der Waals surface area contributed by atoms with Crippen LogP contribution in [0.3, 0.4) is 0 Å². The molecule has 1 fully saturated rings. The molecular weight excluding hydrogens is 377 g/mol. The first-order chi connectivity index (χ1) is 12.4. The lowest BCUT2D eigenvalue weighted by molar-refractivity contribution is -0.120. The largest absolute Gasteiger partial charge is 0.366 e. The van der Waals surface area contributed by atoms with Gasteiger partial charge in [0.15, 0.2) is 11.0 Å². The number of carbonyl (C=O) groups excluding carboxylic acids is 2. The molecule has 1 aliphatic heterocycles. The molecule has 0 bridgehead atoms. The van der Waals surface area contributed by atoms with Crippen molar-refractivity contribution >= 4 is 46.5 Å². The van der Waals surface area contributed by atoms with E-state index in [1.165, 1.54) is 12.1 Å². The Balaban J connectivity index is 1.67. The van der Waals surface area contributed by atoms with E-state index in [-0.39, 0.29) is 22.4 Å². The molecule has 1 atom stereocenters. The van der Waals surface area contributed by atoms with E-state index in [9.17, 15) is 9.59 Å². The van der Waals surface area contributed by atoms with Gasteiger partial charge in [0.25, 0.3) is 0 Å². The molecule has 0 unspecified atom stereocenters. The first kappa shape index (κ1) is 18.4. The predicted octanol–water partition coefficient (Wildman–Crippen LogP) is 2.74. The molecule has 2 aromatic rings. The van der Waals surface area contributed by atoms with E-state index in [1.54, 1.807) is 18.2 Å². The van der Waals surface area contributed by atoms with Crippen molar-refractivity contribution in [3.05, 3.63) is 46.1 Å². The maximum atomic E-state index is 12.6. The monoisotopic (exact) mass is 393 g/mol. The second-order valence-corrected chi connectivity index (χ2v) is 6.84. The van der Waals surface area contributed by atoms with Crippen LogP contribution in [0.15, 0.2) is 30.3 Å². The molecule has 0 radical (unpaired) electrons. The van der Waals surface area contributed by atoms with Crippen LogP contribution in [0.5, 0.6) is 0 Å². The van der Waals surface area contributed by atoms with Crippen LogP contribution in [0.25, 0.3) is 0 Å². The van der Waals surface area contributed by atoms with E-state index in [4.69, 9.17) is 28.9 Å². The van der Waals surface area contributed by atoms with Crippen molar-refractivity contribution < 1.29 is 9.59 Å². The van der Waals surface area contributed by atoms with Gasteiger partial charge in [-0.25, -0.2) is 0 Å². The van der Waals surface area contributed by atoms with Gasteiger partial charge in [-0.2, -0.15) is 0 Å². The van der Waals surface area contributed by atoms with E-state index in [1.807, 2.05) is 4.90 Å². The molecule has 0 spiro atoms. The normalized spacial score (nSPS) is 17.0. The number of hydrogen-bond donors (Lipinski definition) is 2. The fourth-order valence-corrected chi connectivity index (χ4v) is 3.29. The summed E-state index contributed by atoms with van der Waals surface area (Å²) < 4.78 is 0. The van der Waals surface area contributed by atoms with Gasteiger partial charge in [-0.3, -0.25) is 9.59 Å². The van der Waals surface area contributed by atoms with Crippen molar-refractivity contribution in [2.45, 2.75) is 12.8 Å². The van der Waals surface area contributed by atoms with Crippen molar-refractivity contribution in [1.82, 2.24) is 10.2 Å². The van der Waals surface area contributed by atoms with Crippen LogP contribution in [-0.2, 0) is 4.79 Å². The quantitative estimate of drug-likeness (QED) is 0.831. The van der Waals surface area contributed by atoms with Crippen molar-refractivity contribution in [2.24, 2.45) is 11.7 Å². The molecule has 2 amide bonds. The SMILES string of the molecule is NC(=O)c1ccc(NC(=O)[C@@H]2CCCN(c3ccc(Cl)nn3)C2)cc1Cl. The minimum Gasteiger partial charge on any atom is -0.366 e. The van der Waals surface area contributed by atoms with E-state index in [0.717, 1.165) is 19.4 Å². The van der Waals surface area contributed by atoms with Gasteiger partial charge in [0.05, 0.1) is 16.5 Å². The second kappa shape index (κ2) is 7.88. The Morgan fingerprint density at radius 2 is 2.00 bits per heavy atom. The van der Waals surface area contributed by atoms with E-state index < -0.39 is 5.91 Å². The summed E-state index contributed by atoms with van der Waals surface area (Å²) in [5, 5.41) is 11.3. The molecular formula is C17H17Cl2N5O2. The average Bonchev–Trinajstić information content (AvgIpc) is 2.62. The number of hydrogen-bond acceptors (Lipinski definition) is 5. The number of nitrogens with two attached hydrogens (primary N) is 1. The van der Waals surface area contributed by atoms with Crippen molar-refractivity contribution in [2.75, 3.05) is 23.3 Å². The highest BCUT2D eigenvalue weighted by Gasteiger charge is 2.27. The van der Waals surface area contributed by atoms with Gasteiger partial charge in [-0.15, -0.1) is 10.2 Å². The number of carbonyl (C=O) groups is 2. The molecule has 26 heavy (non-hydrogen) atoms.